The standard InChI is InChI=1S/C25H24F3N5OS.C25H23F3N4O2S/c1-30-20-12-11-18(15-19(20)25(26,27)28)32-22(34)24(13-4-14-24)33(23(32)35)17-9-7-16(8-10-17)5-3-6-21(29)31-2;1-29-20-12-11-18(15-19(20)25(26,27)28)31-22(34)24(13-4-14-24)32(23(31)35)17-9-7-16(8-10-17)5-3-6-21(33)30-2/h7-12,15H,3-6,13-14H2,2H3,(H2,29,31);7-12,15H,3-6,13-14H2,2H3,(H,30,33). The lowest BCUT2D eigenvalue weighted by Crippen LogP contribution is -2.55. The monoisotopic (exact) mass is 999 g/mol. The van der Waals surface area contributed by atoms with Crippen LogP contribution >= 0.6 is 24.4 Å². The van der Waals surface area contributed by atoms with Gasteiger partial charge in [0.25, 0.3) is 11.8 Å². The van der Waals surface area contributed by atoms with Gasteiger partial charge in [0.15, 0.2) is 21.6 Å². The molecule has 4 aliphatic rings. The molecule has 0 atom stereocenters. The van der Waals surface area contributed by atoms with Crippen LogP contribution in [0.3, 0.4) is 0 Å². The summed E-state index contributed by atoms with van der Waals surface area (Å²) >= 11 is 11.3. The molecule has 364 valence electrons. The van der Waals surface area contributed by atoms with E-state index in [2.05, 4.69) is 20.0 Å². The Morgan fingerprint density at radius 3 is 1.36 bits per heavy atom. The number of alkyl halides is 6. The van der Waals surface area contributed by atoms with Crippen LogP contribution < -0.4 is 30.7 Å². The van der Waals surface area contributed by atoms with E-state index in [0.717, 1.165) is 71.7 Å². The Morgan fingerprint density at radius 2 is 1.04 bits per heavy atom. The van der Waals surface area contributed by atoms with Crippen LogP contribution in [0.25, 0.3) is 9.69 Å². The zero-order valence-electron chi connectivity index (χ0n) is 38.1. The first kappa shape index (κ1) is 51.0. The zero-order valence-corrected chi connectivity index (χ0v) is 39.7. The molecule has 4 fully saturated rings. The summed E-state index contributed by atoms with van der Waals surface area (Å²) in [4.78, 5) is 54.3. The summed E-state index contributed by atoms with van der Waals surface area (Å²) in [5.74, 6) is -0.108. The molecular formula is C50H47F6N9O3S2. The van der Waals surface area contributed by atoms with Gasteiger partial charge in [0.2, 0.25) is 5.91 Å². The van der Waals surface area contributed by atoms with Crippen molar-refractivity contribution < 1.29 is 40.7 Å². The van der Waals surface area contributed by atoms with E-state index in [4.69, 9.17) is 43.3 Å². The van der Waals surface area contributed by atoms with Crippen LogP contribution in [0.4, 0.5) is 60.5 Å². The fraction of sp³-hybridized carbons (Fsp3) is 0.360. The third-order valence-electron chi connectivity index (χ3n) is 13.2. The molecule has 4 aromatic rings. The minimum atomic E-state index is -4.73. The molecule has 2 spiro atoms. The van der Waals surface area contributed by atoms with Gasteiger partial charge in [-0.05, 0) is 148 Å². The normalized spacial score (nSPS) is 17.3. The Balaban J connectivity index is 0.000000206. The molecular weight excluding hydrogens is 953 g/mol. The first-order valence-corrected chi connectivity index (χ1v) is 23.2. The second-order valence-electron chi connectivity index (χ2n) is 17.3. The summed E-state index contributed by atoms with van der Waals surface area (Å²) in [5.41, 5.74) is 4.25. The topological polar surface area (TPSA) is 123 Å². The van der Waals surface area contributed by atoms with E-state index < -0.39 is 45.9 Å². The fourth-order valence-electron chi connectivity index (χ4n) is 9.18. The summed E-state index contributed by atoms with van der Waals surface area (Å²) in [7, 11) is 3.26. The maximum Gasteiger partial charge on any atom is 0.407 e. The van der Waals surface area contributed by atoms with E-state index in [9.17, 15) is 40.7 Å². The summed E-state index contributed by atoms with van der Waals surface area (Å²) < 4.78 is 81.3. The van der Waals surface area contributed by atoms with Gasteiger partial charge in [0.1, 0.15) is 11.1 Å². The predicted molar refractivity (Wildman–Crippen MR) is 264 cm³/mol. The highest BCUT2D eigenvalue weighted by atomic mass is 32.1. The molecule has 2 heterocycles. The van der Waals surface area contributed by atoms with Crippen LogP contribution in [-0.4, -0.2) is 59.0 Å². The number of anilines is 4. The van der Waals surface area contributed by atoms with Gasteiger partial charge in [-0.25, -0.2) is 9.69 Å². The smallest absolute Gasteiger partial charge is 0.387 e. The van der Waals surface area contributed by atoms with E-state index >= 15 is 0 Å². The molecule has 4 aromatic carbocycles. The van der Waals surface area contributed by atoms with Crippen LogP contribution in [0, 0.1) is 13.1 Å². The molecule has 2 saturated carbocycles. The number of amides is 3. The molecule has 2 aliphatic heterocycles. The van der Waals surface area contributed by atoms with Crippen LogP contribution in [-0.2, 0) is 39.6 Å². The Hall–Kier alpha value is -6.90. The average molecular weight is 1000 g/mol. The molecule has 2 saturated heterocycles. The first-order chi connectivity index (χ1) is 33.2. The van der Waals surface area contributed by atoms with Gasteiger partial charge < -0.3 is 20.9 Å². The maximum absolute atomic E-state index is 13.6. The number of carbonyl (C=O) groups is 3. The summed E-state index contributed by atoms with van der Waals surface area (Å²) in [5, 5.41) is 2.84. The van der Waals surface area contributed by atoms with Crippen molar-refractivity contribution in [3.8, 4) is 0 Å². The molecule has 20 heteroatoms. The average Bonchev–Trinajstić information content (AvgIpc) is 3.70. The van der Waals surface area contributed by atoms with Gasteiger partial charge in [0.05, 0.1) is 30.1 Å². The lowest BCUT2D eigenvalue weighted by molar-refractivity contribution is -0.137. The predicted octanol–water partition coefficient (Wildman–Crippen LogP) is 11.0. The van der Waals surface area contributed by atoms with Crippen molar-refractivity contribution in [2.75, 3.05) is 33.7 Å². The van der Waals surface area contributed by atoms with E-state index in [-0.39, 0.29) is 39.3 Å². The number of nitrogens with two attached hydrogens (primary N) is 1. The highest BCUT2D eigenvalue weighted by molar-refractivity contribution is 7.81. The SMILES string of the molecule is [C-]#[N+]c1ccc(N2C(=O)C3(CCC3)N(c3ccc(CCCC(=O)NC)cc3)C2=S)cc1C(F)(F)F.[C-]#[N+]c1ccc(N2C(=O)C3(CCC3)N(c3ccc(CCCC(N)=NC)cc3)C2=S)cc1C(F)(F)F. The van der Waals surface area contributed by atoms with Gasteiger partial charge in [-0.1, -0.05) is 36.4 Å². The maximum atomic E-state index is 13.6. The summed E-state index contributed by atoms with van der Waals surface area (Å²) in [6.07, 6.45) is -1.43. The highest BCUT2D eigenvalue weighted by Crippen LogP contribution is 2.51. The number of aryl methyl sites for hydroxylation is 2. The largest absolute Gasteiger partial charge is 0.407 e. The van der Waals surface area contributed by atoms with Gasteiger partial charge in [-0.15, -0.1) is 0 Å². The Kier molecular flexibility index (Phi) is 14.7. The number of halogens is 6. The minimum absolute atomic E-state index is 0.000629. The number of hydrogen-bond acceptors (Lipinski definition) is 6. The van der Waals surface area contributed by atoms with Crippen molar-refractivity contribution in [1.29, 1.82) is 0 Å². The number of amidine groups is 1. The van der Waals surface area contributed by atoms with Gasteiger partial charge in [0, 0.05) is 49.7 Å². The number of benzene rings is 4. The number of nitrogens with one attached hydrogen (secondary N) is 1. The number of aliphatic imine (C=N–C) groups is 1. The number of carbonyl (C=O) groups excluding carboxylic acids is 3. The van der Waals surface area contributed by atoms with Gasteiger partial charge >= 0.3 is 12.4 Å². The Morgan fingerprint density at radius 1 is 0.671 bits per heavy atom. The zero-order chi connectivity index (χ0) is 50.8. The summed E-state index contributed by atoms with van der Waals surface area (Å²) in [6.45, 7) is 14.1. The van der Waals surface area contributed by atoms with E-state index in [1.54, 1.807) is 23.9 Å². The van der Waals surface area contributed by atoms with Crippen molar-refractivity contribution in [3.05, 3.63) is 130 Å². The number of thiocarbonyl (C=S) groups is 2. The van der Waals surface area contributed by atoms with Crippen molar-refractivity contribution in [2.24, 2.45) is 10.7 Å². The van der Waals surface area contributed by atoms with Crippen LogP contribution in [0.5, 0.6) is 0 Å². The van der Waals surface area contributed by atoms with Gasteiger partial charge in [-0.2, -0.15) is 26.3 Å². The lowest BCUT2D eigenvalue weighted by Gasteiger charge is -2.43. The molecule has 2 aliphatic carbocycles. The van der Waals surface area contributed by atoms with Crippen molar-refractivity contribution in [1.82, 2.24) is 5.32 Å². The third kappa shape index (κ3) is 9.67. The van der Waals surface area contributed by atoms with Crippen LogP contribution in [0.15, 0.2) is 89.9 Å². The van der Waals surface area contributed by atoms with Gasteiger partial charge in [-0.3, -0.25) is 29.2 Å². The molecule has 3 N–H and O–H groups in total. The van der Waals surface area contributed by atoms with Crippen molar-refractivity contribution in [3.63, 3.8) is 0 Å². The van der Waals surface area contributed by atoms with Crippen LogP contribution in [0.1, 0.15) is 86.5 Å². The van der Waals surface area contributed by atoms with E-state index in [0.29, 0.717) is 62.9 Å². The Labute approximate surface area is 411 Å². The highest BCUT2D eigenvalue weighted by Gasteiger charge is 2.61. The van der Waals surface area contributed by atoms with E-state index in [1.165, 1.54) is 17.0 Å². The quantitative estimate of drug-likeness (QED) is 0.0473. The number of hydrogen-bond donors (Lipinski definition) is 2. The molecule has 0 radical (unpaired) electrons. The van der Waals surface area contributed by atoms with E-state index in [1.807, 2.05) is 48.5 Å². The van der Waals surface area contributed by atoms with Crippen molar-refractivity contribution >= 4 is 92.3 Å². The first-order valence-electron chi connectivity index (χ1n) is 22.4. The van der Waals surface area contributed by atoms with Crippen LogP contribution in [0.2, 0.25) is 0 Å². The third-order valence-corrected chi connectivity index (χ3v) is 14.0. The molecule has 0 unspecified atom stereocenters. The fourth-order valence-corrected chi connectivity index (χ4v) is 10.1. The lowest BCUT2D eigenvalue weighted by atomic mass is 9.75. The number of nitrogens with zero attached hydrogens (tertiary/aromatic N) is 7. The summed E-state index contributed by atoms with van der Waals surface area (Å²) in [6, 6.07) is 21.7. The molecule has 8 rings (SSSR count). The molecule has 70 heavy (non-hydrogen) atoms. The minimum Gasteiger partial charge on any atom is -0.387 e. The van der Waals surface area contributed by atoms with Crippen molar-refractivity contribution in [2.45, 2.75) is 100 Å². The molecule has 12 nitrogen and oxygen atoms in total. The second-order valence-corrected chi connectivity index (χ2v) is 18.1. The molecule has 3 amide bonds. The molecule has 0 bridgehead atoms. The Bertz CT molecular complexity index is 2830. The number of rotatable bonds is 12. The second kappa shape index (κ2) is 20.2. The molecule has 0 aromatic heterocycles.